The van der Waals surface area contributed by atoms with E-state index in [1.165, 1.54) is 24.0 Å². The first kappa shape index (κ1) is 22.2. The molecule has 2 N–H and O–H groups in total. The highest BCUT2D eigenvalue weighted by Crippen LogP contribution is 2.30. The van der Waals surface area contributed by atoms with Gasteiger partial charge >= 0.3 is 0 Å². The van der Waals surface area contributed by atoms with Gasteiger partial charge in [-0.1, -0.05) is 42.5 Å². The third-order valence-corrected chi connectivity index (χ3v) is 6.16. The molecule has 6 nitrogen and oxygen atoms in total. The average Bonchev–Trinajstić information content (AvgIpc) is 3.67. The van der Waals surface area contributed by atoms with Gasteiger partial charge in [-0.05, 0) is 48.8 Å². The number of fused-ring (bicyclic) bond motifs is 1. The Kier molecular flexibility index (Phi) is 7.64. The summed E-state index contributed by atoms with van der Waals surface area (Å²) in [6, 6.07) is 16.6. The summed E-state index contributed by atoms with van der Waals surface area (Å²) in [4.78, 5) is 18.9. The van der Waals surface area contributed by atoms with Crippen LogP contribution in [0, 0.1) is 5.92 Å². The van der Waals surface area contributed by atoms with Gasteiger partial charge in [0.2, 0.25) is 5.91 Å². The fraction of sp³-hybridized carbons (Fsp3) is 0.462. The molecule has 0 unspecified atom stereocenters. The summed E-state index contributed by atoms with van der Waals surface area (Å²) in [6.07, 6.45) is 4.83. The molecule has 1 aliphatic carbocycles. The number of carbonyl (C=O) groups is 1. The van der Waals surface area contributed by atoms with Crippen molar-refractivity contribution in [2.75, 3.05) is 26.7 Å². The zero-order valence-corrected chi connectivity index (χ0v) is 19.0. The van der Waals surface area contributed by atoms with Gasteiger partial charge in [0.05, 0.1) is 6.61 Å². The summed E-state index contributed by atoms with van der Waals surface area (Å²) in [7, 11) is 1.77. The van der Waals surface area contributed by atoms with E-state index >= 15 is 0 Å². The quantitative estimate of drug-likeness (QED) is 0.360. The number of hydrogen-bond acceptors (Lipinski definition) is 3. The number of aliphatic imine (C=N–C) groups is 1. The zero-order valence-electron chi connectivity index (χ0n) is 19.0. The van der Waals surface area contributed by atoms with Gasteiger partial charge in [0, 0.05) is 45.2 Å². The van der Waals surface area contributed by atoms with Gasteiger partial charge in [-0.2, -0.15) is 0 Å². The average molecular weight is 435 g/mol. The van der Waals surface area contributed by atoms with Crippen molar-refractivity contribution in [1.82, 2.24) is 15.5 Å². The summed E-state index contributed by atoms with van der Waals surface area (Å²) in [5.41, 5.74) is 3.76. The number of hydrogen-bond donors (Lipinski definition) is 2. The lowest BCUT2D eigenvalue weighted by Gasteiger charge is -2.29. The van der Waals surface area contributed by atoms with Crippen LogP contribution in [0.2, 0.25) is 0 Å². The molecule has 170 valence electrons. The van der Waals surface area contributed by atoms with E-state index in [0.717, 1.165) is 55.7 Å². The third kappa shape index (κ3) is 6.25. The van der Waals surface area contributed by atoms with Crippen LogP contribution in [0.15, 0.2) is 53.5 Å². The Morgan fingerprint density at radius 3 is 2.69 bits per heavy atom. The second-order valence-corrected chi connectivity index (χ2v) is 8.65. The Morgan fingerprint density at radius 1 is 1.09 bits per heavy atom. The number of guanidine groups is 1. The first-order chi connectivity index (χ1) is 15.7. The number of nitrogens with zero attached hydrogens (tertiary/aromatic N) is 2. The van der Waals surface area contributed by atoms with Crippen LogP contribution >= 0.6 is 0 Å². The molecular formula is C26H34N4O2. The minimum Gasteiger partial charge on any atom is -0.493 e. The van der Waals surface area contributed by atoms with Gasteiger partial charge in [-0.3, -0.25) is 9.79 Å². The highest BCUT2D eigenvalue weighted by Gasteiger charge is 2.22. The van der Waals surface area contributed by atoms with E-state index in [1.54, 1.807) is 7.05 Å². The molecule has 6 heteroatoms. The fourth-order valence-electron chi connectivity index (χ4n) is 4.00. The predicted molar refractivity (Wildman–Crippen MR) is 128 cm³/mol. The second kappa shape index (κ2) is 11.0. The van der Waals surface area contributed by atoms with Crippen molar-refractivity contribution in [3.8, 4) is 5.75 Å². The van der Waals surface area contributed by atoms with Crippen molar-refractivity contribution >= 4 is 11.9 Å². The monoisotopic (exact) mass is 434 g/mol. The standard InChI is InChI=1S/C26H34N4O2/c1-27-26(29-17-22-8-4-5-10-24(22)32-19-20-12-13-20)28-15-6-11-25(31)30-16-14-21-7-2-3-9-23(21)18-30/h2-5,7-10,20H,6,11-19H2,1H3,(H2,27,28,29). The van der Waals surface area contributed by atoms with Gasteiger partial charge in [0.1, 0.15) is 5.75 Å². The molecule has 0 radical (unpaired) electrons. The van der Waals surface area contributed by atoms with Crippen molar-refractivity contribution < 1.29 is 9.53 Å². The molecule has 0 saturated heterocycles. The normalized spacial score (nSPS) is 15.8. The van der Waals surface area contributed by atoms with E-state index in [2.05, 4.69) is 39.9 Å². The Hall–Kier alpha value is -3.02. The largest absolute Gasteiger partial charge is 0.493 e. The molecule has 0 bridgehead atoms. The second-order valence-electron chi connectivity index (χ2n) is 8.65. The topological polar surface area (TPSA) is 66.0 Å². The van der Waals surface area contributed by atoms with Gasteiger partial charge in [0.25, 0.3) is 0 Å². The molecule has 1 aliphatic heterocycles. The lowest BCUT2D eigenvalue weighted by Crippen LogP contribution is -2.38. The Bertz CT molecular complexity index is 939. The Balaban J connectivity index is 1.17. The summed E-state index contributed by atoms with van der Waals surface area (Å²) >= 11 is 0. The van der Waals surface area contributed by atoms with Crippen LogP contribution in [-0.4, -0.2) is 43.5 Å². The fourth-order valence-corrected chi connectivity index (χ4v) is 4.00. The highest BCUT2D eigenvalue weighted by atomic mass is 16.5. The van der Waals surface area contributed by atoms with Crippen LogP contribution in [0.25, 0.3) is 0 Å². The lowest BCUT2D eigenvalue weighted by atomic mass is 9.99. The first-order valence-corrected chi connectivity index (χ1v) is 11.7. The Morgan fingerprint density at radius 2 is 1.88 bits per heavy atom. The smallest absolute Gasteiger partial charge is 0.222 e. The van der Waals surface area contributed by atoms with Gasteiger partial charge in [-0.25, -0.2) is 0 Å². The van der Waals surface area contributed by atoms with E-state index in [4.69, 9.17) is 4.74 Å². The van der Waals surface area contributed by atoms with E-state index < -0.39 is 0 Å². The molecule has 1 saturated carbocycles. The number of carbonyl (C=O) groups excluding carboxylic acids is 1. The van der Waals surface area contributed by atoms with E-state index in [-0.39, 0.29) is 5.91 Å². The Labute approximate surface area is 191 Å². The summed E-state index contributed by atoms with van der Waals surface area (Å²) in [6.45, 7) is 3.70. The number of rotatable bonds is 9. The minimum absolute atomic E-state index is 0.228. The molecule has 0 spiro atoms. The summed E-state index contributed by atoms with van der Waals surface area (Å²) in [5.74, 6) is 2.64. The maximum Gasteiger partial charge on any atom is 0.222 e. The molecule has 2 aromatic rings. The van der Waals surface area contributed by atoms with Gasteiger partial charge in [-0.15, -0.1) is 0 Å². The summed E-state index contributed by atoms with van der Waals surface area (Å²) < 4.78 is 5.99. The molecular weight excluding hydrogens is 400 g/mol. The van der Waals surface area contributed by atoms with Crippen molar-refractivity contribution in [2.24, 2.45) is 10.9 Å². The summed E-state index contributed by atoms with van der Waals surface area (Å²) in [5, 5.41) is 6.68. The first-order valence-electron chi connectivity index (χ1n) is 11.7. The number of para-hydroxylation sites is 1. The van der Waals surface area contributed by atoms with Crippen LogP contribution in [0.1, 0.15) is 42.4 Å². The maximum absolute atomic E-state index is 12.6. The molecule has 1 fully saturated rings. The number of benzene rings is 2. The molecule has 2 aromatic carbocycles. The van der Waals surface area contributed by atoms with Crippen molar-refractivity contribution in [3.63, 3.8) is 0 Å². The van der Waals surface area contributed by atoms with E-state index in [9.17, 15) is 4.79 Å². The van der Waals surface area contributed by atoms with E-state index in [1.807, 2.05) is 29.2 Å². The molecule has 1 heterocycles. The molecule has 1 amide bonds. The molecule has 0 aromatic heterocycles. The van der Waals surface area contributed by atoms with Gasteiger partial charge in [0.15, 0.2) is 5.96 Å². The van der Waals surface area contributed by atoms with Crippen molar-refractivity contribution in [1.29, 1.82) is 0 Å². The lowest BCUT2D eigenvalue weighted by molar-refractivity contribution is -0.132. The zero-order chi connectivity index (χ0) is 22.2. The highest BCUT2D eigenvalue weighted by molar-refractivity contribution is 5.80. The molecule has 32 heavy (non-hydrogen) atoms. The third-order valence-electron chi connectivity index (χ3n) is 6.16. The van der Waals surface area contributed by atoms with Crippen LogP contribution in [0.5, 0.6) is 5.75 Å². The number of amides is 1. The molecule has 4 rings (SSSR count). The van der Waals surface area contributed by atoms with Crippen LogP contribution in [0.4, 0.5) is 0 Å². The molecule has 0 atom stereocenters. The number of ether oxygens (including phenoxy) is 1. The van der Waals surface area contributed by atoms with Crippen molar-refractivity contribution in [3.05, 3.63) is 65.2 Å². The minimum atomic E-state index is 0.228. The molecule has 2 aliphatic rings. The number of nitrogens with one attached hydrogen (secondary N) is 2. The van der Waals surface area contributed by atoms with Crippen LogP contribution in [-0.2, 0) is 24.3 Å². The van der Waals surface area contributed by atoms with E-state index in [0.29, 0.717) is 19.5 Å². The van der Waals surface area contributed by atoms with Gasteiger partial charge < -0.3 is 20.3 Å². The maximum atomic E-state index is 12.6. The predicted octanol–water partition coefficient (Wildman–Crippen LogP) is 3.51. The SMILES string of the molecule is CN=C(NCCCC(=O)N1CCc2ccccc2C1)NCc1ccccc1OCC1CC1. The van der Waals surface area contributed by atoms with Crippen LogP contribution in [0.3, 0.4) is 0 Å². The van der Waals surface area contributed by atoms with Crippen LogP contribution < -0.4 is 15.4 Å². The van der Waals surface area contributed by atoms with Crippen molar-refractivity contribution in [2.45, 2.75) is 45.2 Å².